The SMILES string of the molecule is Cl.Cl.[CH2]=[Zr]([CH2]C)([C]1=CC(C(C)(C)C)=CC1CC)([C]1=C(C)c2cc3c(cc2C1(C)C)Cc1cc2c(cc1-3)C(C)=CC2(C)C)[c]1ccccc1. The van der Waals surface area contributed by atoms with Gasteiger partial charge in [-0.1, -0.05) is 0 Å². The predicted octanol–water partition coefficient (Wildman–Crippen LogP) is 12.6. The van der Waals surface area contributed by atoms with Crippen LogP contribution in [0.3, 0.4) is 0 Å². The molecule has 3 heteroatoms. The van der Waals surface area contributed by atoms with Gasteiger partial charge in [0.2, 0.25) is 0 Å². The van der Waals surface area contributed by atoms with E-state index in [9.17, 15) is 0 Å². The molecule has 0 bridgehead atoms. The molecule has 0 nitrogen and oxygen atoms in total. The third-order valence-corrected chi connectivity index (χ3v) is 31.1. The van der Waals surface area contributed by atoms with Crippen LogP contribution in [0.25, 0.3) is 22.3 Å². The van der Waals surface area contributed by atoms with Gasteiger partial charge in [0, 0.05) is 0 Å². The number of hydrogen-bond acceptors (Lipinski definition) is 0. The van der Waals surface area contributed by atoms with Crippen molar-refractivity contribution < 1.29 is 18.3 Å². The van der Waals surface area contributed by atoms with E-state index >= 15 is 0 Å². The Balaban J connectivity index is 0.00000225. The van der Waals surface area contributed by atoms with Crippen LogP contribution < -0.4 is 3.27 Å². The van der Waals surface area contributed by atoms with Crippen molar-refractivity contribution in [2.75, 3.05) is 0 Å². The molecule has 0 aliphatic heterocycles. The van der Waals surface area contributed by atoms with Crippen LogP contribution >= 0.6 is 24.8 Å². The van der Waals surface area contributed by atoms with E-state index < -0.39 is 18.3 Å². The van der Waals surface area contributed by atoms with Gasteiger partial charge in [-0.25, -0.2) is 0 Å². The van der Waals surface area contributed by atoms with Crippen molar-refractivity contribution in [1.82, 2.24) is 0 Å². The van der Waals surface area contributed by atoms with Crippen molar-refractivity contribution in [2.24, 2.45) is 11.3 Å². The topological polar surface area (TPSA) is 0 Å². The van der Waals surface area contributed by atoms with Gasteiger partial charge in [-0.05, 0) is 0 Å². The van der Waals surface area contributed by atoms with E-state index in [1.165, 1.54) is 64.5 Å². The van der Waals surface area contributed by atoms with E-state index in [0.717, 1.165) is 17.0 Å². The first-order chi connectivity index (χ1) is 21.5. The van der Waals surface area contributed by atoms with Crippen LogP contribution in [-0.4, -0.2) is 4.21 Å². The molecule has 0 radical (unpaired) electrons. The maximum absolute atomic E-state index is 5.72. The van der Waals surface area contributed by atoms with Gasteiger partial charge in [-0.15, -0.1) is 24.8 Å². The van der Waals surface area contributed by atoms with Crippen LogP contribution in [-0.2, 0) is 35.5 Å². The Morgan fingerprint density at radius 2 is 1.40 bits per heavy atom. The summed E-state index contributed by atoms with van der Waals surface area (Å²) in [5.74, 6) is 0.442. The van der Waals surface area contributed by atoms with Gasteiger partial charge in [-0.3, -0.25) is 0 Å². The molecule has 1 unspecified atom stereocenters. The second-order valence-electron chi connectivity index (χ2n) is 17.4. The number of halogens is 2. The summed E-state index contributed by atoms with van der Waals surface area (Å²) in [6.45, 7) is 26.5. The number of allylic oxidation sites excluding steroid dienone is 8. The zero-order chi connectivity index (χ0) is 33.2. The molecule has 0 amide bonds. The molecule has 1 atom stereocenters. The van der Waals surface area contributed by atoms with Crippen LogP contribution in [0.4, 0.5) is 0 Å². The van der Waals surface area contributed by atoms with Crippen LogP contribution in [0, 0.1) is 11.3 Å². The maximum atomic E-state index is 5.72. The third kappa shape index (κ3) is 4.88. The molecule has 0 heterocycles. The summed E-state index contributed by atoms with van der Waals surface area (Å²) in [4.78, 5) is 0. The Morgan fingerprint density at radius 1 is 0.812 bits per heavy atom. The molecule has 48 heavy (non-hydrogen) atoms. The summed E-state index contributed by atoms with van der Waals surface area (Å²) in [6, 6.07) is 21.8. The molecule has 0 saturated carbocycles. The van der Waals surface area contributed by atoms with Gasteiger partial charge < -0.3 is 0 Å². The number of hydrogen-bond donors (Lipinski definition) is 0. The fourth-order valence-corrected chi connectivity index (χ4v) is 28.9. The Kier molecular flexibility index (Phi) is 9.11. The molecule has 254 valence electrons. The molecular formula is C45H56Cl2Zr. The molecule has 0 fully saturated rings. The standard InChI is InChI=1S/C25H25.C11H17.C6H5.C2H5.CH2.2ClH.Zr/c1-14-12-24(3,4)22-8-16-7-17-9-23-19(15(2)13-25(23,5)6)11-21(17)20(16)10-18(14)22;1-5-9-6-7-10(8-9)11(2,3)4;1-2-4-6-5-3-1;1-2;;;;/h8-12H,7H2,1-6H3;7-9H,5H2,1-4H3;1-5H;1H2,2H3;1H2;2*1H;. The average molecular weight is 759 g/mol. The van der Waals surface area contributed by atoms with Crippen molar-refractivity contribution in [1.29, 1.82) is 0 Å². The summed E-state index contributed by atoms with van der Waals surface area (Å²) < 4.78 is 11.7. The second-order valence-corrected chi connectivity index (χ2v) is 31.4. The normalized spacial score (nSPS) is 20.2. The van der Waals surface area contributed by atoms with Crippen LogP contribution in [0.5, 0.6) is 0 Å². The summed E-state index contributed by atoms with van der Waals surface area (Å²) >= 11 is -4.43. The zero-order valence-corrected chi connectivity index (χ0v) is 35.2. The van der Waals surface area contributed by atoms with Crippen molar-refractivity contribution in [2.45, 2.75) is 104 Å². The summed E-state index contributed by atoms with van der Waals surface area (Å²) in [6.07, 6.45) is 9.86. The van der Waals surface area contributed by atoms with E-state index in [2.05, 4.69) is 149 Å². The van der Waals surface area contributed by atoms with Gasteiger partial charge in [-0.2, -0.15) is 0 Å². The molecule has 0 aromatic heterocycles. The number of benzene rings is 3. The fourth-order valence-electron chi connectivity index (χ4n) is 10.6. The van der Waals surface area contributed by atoms with Crippen molar-refractivity contribution in [3.8, 4) is 11.1 Å². The first-order valence-electron chi connectivity index (χ1n) is 17.8. The molecule has 0 spiro atoms. The minimum atomic E-state index is -4.43. The first kappa shape index (κ1) is 37.2. The summed E-state index contributed by atoms with van der Waals surface area (Å²) in [5.41, 5.74) is 16.3. The molecule has 0 saturated heterocycles. The van der Waals surface area contributed by atoms with Gasteiger partial charge in [0.25, 0.3) is 0 Å². The minimum absolute atomic E-state index is 0. The van der Waals surface area contributed by atoms with E-state index in [0.29, 0.717) is 5.92 Å². The molecule has 0 N–H and O–H groups in total. The fraction of sp³-hybridized carbons (Fsp3) is 0.400. The Morgan fingerprint density at radius 3 is 1.96 bits per heavy atom. The molecule has 4 aliphatic rings. The molecule has 3 aromatic rings. The van der Waals surface area contributed by atoms with Crippen molar-refractivity contribution in [3.05, 3.63) is 118 Å². The van der Waals surface area contributed by atoms with Crippen LogP contribution in [0.15, 0.2) is 85.0 Å². The molecule has 4 aliphatic carbocycles. The van der Waals surface area contributed by atoms with E-state index in [-0.39, 0.29) is 41.1 Å². The Hall–Kier alpha value is -2.05. The quantitative estimate of drug-likeness (QED) is 0.190. The predicted molar refractivity (Wildman–Crippen MR) is 215 cm³/mol. The van der Waals surface area contributed by atoms with Gasteiger partial charge in [0.05, 0.1) is 0 Å². The first-order valence-corrected chi connectivity index (χ1v) is 24.9. The van der Waals surface area contributed by atoms with Crippen LogP contribution in [0.2, 0.25) is 4.13 Å². The van der Waals surface area contributed by atoms with E-state index in [1.807, 2.05) is 0 Å². The van der Waals surface area contributed by atoms with Crippen molar-refractivity contribution in [3.63, 3.8) is 0 Å². The third-order valence-electron chi connectivity index (χ3n) is 12.9. The molecule has 3 aromatic carbocycles. The second kappa shape index (κ2) is 11.8. The monoisotopic (exact) mass is 756 g/mol. The van der Waals surface area contributed by atoms with Gasteiger partial charge in [0.1, 0.15) is 0 Å². The molecular weight excluding hydrogens is 703 g/mol. The van der Waals surface area contributed by atoms with E-state index in [4.69, 9.17) is 4.21 Å². The van der Waals surface area contributed by atoms with Gasteiger partial charge >= 0.3 is 282 Å². The van der Waals surface area contributed by atoms with Gasteiger partial charge in [0.15, 0.2) is 0 Å². The van der Waals surface area contributed by atoms with Crippen LogP contribution in [0.1, 0.15) is 116 Å². The molecule has 7 rings (SSSR count). The zero-order valence-electron chi connectivity index (χ0n) is 31.2. The van der Waals surface area contributed by atoms with Crippen molar-refractivity contribution >= 4 is 43.4 Å². The Bertz CT molecular complexity index is 2040. The number of rotatable bonds is 5. The number of fused-ring (bicyclic) bond motifs is 5. The van der Waals surface area contributed by atoms with E-state index in [1.54, 1.807) is 6.56 Å². The Labute approximate surface area is 304 Å². The average Bonchev–Trinajstić information content (AvgIpc) is 3.71. The summed E-state index contributed by atoms with van der Waals surface area (Å²) in [5, 5.41) is 0. The summed E-state index contributed by atoms with van der Waals surface area (Å²) in [7, 11) is 0.